The highest BCUT2D eigenvalue weighted by Gasteiger charge is 2.00. The zero-order valence-electron chi connectivity index (χ0n) is 9.05. The Labute approximate surface area is 86.1 Å². The summed E-state index contributed by atoms with van der Waals surface area (Å²) in [7, 11) is 0. The van der Waals surface area contributed by atoms with E-state index in [1.54, 1.807) is 0 Å². The summed E-state index contributed by atoms with van der Waals surface area (Å²) < 4.78 is 5.49. The molecule has 14 heavy (non-hydrogen) atoms. The maximum absolute atomic E-state index is 5.49. The summed E-state index contributed by atoms with van der Waals surface area (Å²) in [6.45, 7) is 5.42. The quantitative estimate of drug-likeness (QED) is 0.778. The first-order valence-corrected chi connectivity index (χ1v) is 5.20. The molecule has 0 radical (unpaired) electrons. The average molecular weight is 193 g/mol. The Morgan fingerprint density at radius 3 is 2.71 bits per heavy atom. The second kappa shape index (κ2) is 5.66. The monoisotopic (exact) mass is 193 g/mol. The molecule has 0 fully saturated rings. The Balaban J connectivity index is 2.68. The molecule has 2 nitrogen and oxygen atoms in total. The fourth-order valence-electron chi connectivity index (χ4n) is 1.49. The van der Waals surface area contributed by atoms with E-state index in [0.717, 1.165) is 12.2 Å². The summed E-state index contributed by atoms with van der Waals surface area (Å²) in [6, 6.07) is 6.35. The first-order valence-electron chi connectivity index (χ1n) is 5.20. The molecule has 0 unspecified atom stereocenters. The van der Waals surface area contributed by atoms with Crippen molar-refractivity contribution >= 4 is 0 Å². The minimum absolute atomic E-state index is 0.566. The normalized spacial score (nSPS) is 10.2. The van der Waals surface area contributed by atoms with E-state index in [4.69, 9.17) is 10.5 Å². The molecule has 0 aliphatic rings. The second-order valence-corrected chi connectivity index (χ2v) is 3.49. The van der Waals surface area contributed by atoms with Gasteiger partial charge in [-0.1, -0.05) is 25.5 Å². The number of ether oxygens (including phenoxy) is 1. The van der Waals surface area contributed by atoms with Crippen LogP contribution < -0.4 is 10.5 Å². The van der Waals surface area contributed by atoms with Crippen LogP contribution >= 0.6 is 0 Å². The van der Waals surface area contributed by atoms with Gasteiger partial charge in [-0.2, -0.15) is 0 Å². The molecule has 0 saturated carbocycles. The number of hydrogen-bond donors (Lipinski definition) is 1. The van der Waals surface area contributed by atoms with Crippen LogP contribution in [0.3, 0.4) is 0 Å². The van der Waals surface area contributed by atoms with E-state index >= 15 is 0 Å². The lowest BCUT2D eigenvalue weighted by Gasteiger charge is -2.09. The SMILES string of the molecule is CCCc1ccc(OCCN)c(C)c1. The second-order valence-electron chi connectivity index (χ2n) is 3.49. The third kappa shape index (κ3) is 3.04. The van der Waals surface area contributed by atoms with E-state index in [-0.39, 0.29) is 0 Å². The van der Waals surface area contributed by atoms with Crippen molar-refractivity contribution in [1.82, 2.24) is 0 Å². The first kappa shape index (κ1) is 11.1. The van der Waals surface area contributed by atoms with E-state index in [0.29, 0.717) is 13.2 Å². The van der Waals surface area contributed by atoms with E-state index in [1.807, 2.05) is 6.07 Å². The minimum atomic E-state index is 0.566. The molecule has 0 atom stereocenters. The van der Waals surface area contributed by atoms with Crippen LogP contribution in [0.25, 0.3) is 0 Å². The lowest BCUT2D eigenvalue weighted by Crippen LogP contribution is -2.11. The molecular formula is C12H19NO. The van der Waals surface area contributed by atoms with Crippen molar-refractivity contribution in [2.75, 3.05) is 13.2 Å². The van der Waals surface area contributed by atoms with Crippen molar-refractivity contribution in [3.05, 3.63) is 29.3 Å². The molecule has 0 spiro atoms. The lowest BCUT2D eigenvalue weighted by atomic mass is 10.1. The van der Waals surface area contributed by atoms with Gasteiger partial charge in [0.05, 0.1) is 0 Å². The molecule has 1 aromatic rings. The number of hydrogen-bond acceptors (Lipinski definition) is 2. The molecule has 78 valence electrons. The predicted octanol–water partition coefficient (Wildman–Crippen LogP) is 2.29. The molecule has 0 aliphatic carbocycles. The summed E-state index contributed by atoms with van der Waals surface area (Å²) in [6.07, 6.45) is 2.32. The molecule has 2 heteroatoms. The van der Waals surface area contributed by atoms with E-state index in [9.17, 15) is 0 Å². The van der Waals surface area contributed by atoms with Crippen LogP contribution in [0, 0.1) is 6.92 Å². The number of aryl methyl sites for hydroxylation is 2. The fourth-order valence-corrected chi connectivity index (χ4v) is 1.49. The van der Waals surface area contributed by atoms with Crippen LogP contribution in [-0.4, -0.2) is 13.2 Å². The Morgan fingerprint density at radius 1 is 1.36 bits per heavy atom. The van der Waals surface area contributed by atoms with Crippen LogP contribution in [0.4, 0.5) is 0 Å². The first-order chi connectivity index (χ1) is 6.77. The van der Waals surface area contributed by atoms with E-state index in [2.05, 4.69) is 26.0 Å². The van der Waals surface area contributed by atoms with Gasteiger partial charge in [0.1, 0.15) is 12.4 Å². The molecule has 1 aromatic carbocycles. The van der Waals surface area contributed by atoms with Crippen LogP contribution in [0.1, 0.15) is 24.5 Å². The minimum Gasteiger partial charge on any atom is -0.492 e. The van der Waals surface area contributed by atoms with Crippen LogP contribution in [0.5, 0.6) is 5.75 Å². The molecule has 0 bridgehead atoms. The molecule has 0 amide bonds. The summed E-state index contributed by atoms with van der Waals surface area (Å²) in [4.78, 5) is 0. The van der Waals surface area contributed by atoms with Gasteiger partial charge in [0, 0.05) is 6.54 Å². The molecule has 0 heterocycles. The van der Waals surface area contributed by atoms with Gasteiger partial charge < -0.3 is 10.5 Å². The predicted molar refractivity (Wildman–Crippen MR) is 59.7 cm³/mol. The van der Waals surface area contributed by atoms with Crippen molar-refractivity contribution in [1.29, 1.82) is 0 Å². The Hall–Kier alpha value is -1.02. The highest BCUT2D eigenvalue weighted by atomic mass is 16.5. The fraction of sp³-hybridized carbons (Fsp3) is 0.500. The van der Waals surface area contributed by atoms with Crippen molar-refractivity contribution < 1.29 is 4.74 Å². The Kier molecular flexibility index (Phi) is 4.47. The van der Waals surface area contributed by atoms with Gasteiger partial charge in [0.15, 0.2) is 0 Å². The van der Waals surface area contributed by atoms with E-state index < -0.39 is 0 Å². The third-order valence-electron chi connectivity index (χ3n) is 2.15. The highest BCUT2D eigenvalue weighted by Crippen LogP contribution is 2.19. The molecule has 0 aliphatic heterocycles. The largest absolute Gasteiger partial charge is 0.492 e. The smallest absolute Gasteiger partial charge is 0.122 e. The summed E-state index contributed by atoms with van der Waals surface area (Å²) in [5, 5.41) is 0. The number of benzene rings is 1. The zero-order chi connectivity index (χ0) is 10.4. The lowest BCUT2D eigenvalue weighted by molar-refractivity contribution is 0.326. The van der Waals surface area contributed by atoms with Crippen LogP contribution in [0.15, 0.2) is 18.2 Å². The van der Waals surface area contributed by atoms with Crippen molar-refractivity contribution in [2.45, 2.75) is 26.7 Å². The van der Waals surface area contributed by atoms with Crippen molar-refractivity contribution in [3.8, 4) is 5.75 Å². The highest BCUT2D eigenvalue weighted by molar-refractivity contribution is 5.36. The Morgan fingerprint density at radius 2 is 2.14 bits per heavy atom. The third-order valence-corrected chi connectivity index (χ3v) is 2.15. The maximum Gasteiger partial charge on any atom is 0.122 e. The topological polar surface area (TPSA) is 35.2 Å². The molecule has 0 aromatic heterocycles. The van der Waals surface area contributed by atoms with Gasteiger partial charge in [0.2, 0.25) is 0 Å². The summed E-state index contributed by atoms with van der Waals surface area (Å²) in [5.41, 5.74) is 7.96. The zero-order valence-corrected chi connectivity index (χ0v) is 9.05. The standard InChI is InChI=1S/C12H19NO/c1-3-4-11-5-6-12(10(2)9-11)14-8-7-13/h5-6,9H,3-4,7-8,13H2,1-2H3. The van der Waals surface area contributed by atoms with Crippen LogP contribution in [-0.2, 0) is 6.42 Å². The molecular weight excluding hydrogens is 174 g/mol. The summed E-state index contributed by atoms with van der Waals surface area (Å²) >= 11 is 0. The van der Waals surface area contributed by atoms with Crippen molar-refractivity contribution in [2.24, 2.45) is 5.73 Å². The Bertz CT molecular complexity index is 284. The summed E-state index contributed by atoms with van der Waals surface area (Å²) in [5.74, 6) is 0.954. The average Bonchev–Trinajstić information content (AvgIpc) is 2.17. The van der Waals surface area contributed by atoms with Crippen molar-refractivity contribution in [3.63, 3.8) is 0 Å². The van der Waals surface area contributed by atoms with Gasteiger partial charge in [-0.05, 0) is 30.5 Å². The van der Waals surface area contributed by atoms with Gasteiger partial charge in [-0.3, -0.25) is 0 Å². The number of nitrogens with two attached hydrogens (primary N) is 1. The molecule has 1 rings (SSSR count). The number of rotatable bonds is 5. The molecule has 2 N–H and O–H groups in total. The van der Waals surface area contributed by atoms with Gasteiger partial charge in [0.25, 0.3) is 0 Å². The van der Waals surface area contributed by atoms with Crippen LogP contribution in [0.2, 0.25) is 0 Å². The van der Waals surface area contributed by atoms with Gasteiger partial charge >= 0.3 is 0 Å². The van der Waals surface area contributed by atoms with E-state index in [1.165, 1.54) is 17.5 Å². The van der Waals surface area contributed by atoms with Gasteiger partial charge in [-0.15, -0.1) is 0 Å². The van der Waals surface area contributed by atoms with Gasteiger partial charge in [-0.25, -0.2) is 0 Å². The maximum atomic E-state index is 5.49. The molecule has 0 saturated heterocycles.